The highest BCUT2D eigenvalue weighted by Crippen LogP contribution is 2.09. The predicted molar refractivity (Wildman–Crippen MR) is 118 cm³/mol. The number of carbonyl (C=O) groups excluding carboxylic acids is 3. The molecule has 2 rings (SSSR count). The fraction of sp³-hybridized carbons (Fsp3) is 0.522. The van der Waals surface area contributed by atoms with Crippen molar-refractivity contribution in [2.24, 2.45) is 5.92 Å². The van der Waals surface area contributed by atoms with Crippen LogP contribution in [-0.2, 0) is 30.4 Å². The van der Waals surface area contributed by atoms with E-state index in [1.54, 1.807) is 13.1 Å². The Labute approximate surface area is 189 Å². The highest BCUT2D eigenvalue weighted by atomic mass is 16.5. The Bertz CT molecular complexity index is 775. The van der Waals surface area contributed by atoms with Crippen LogP contribution < -0.4 is 10.6 Å². The number of hydrogen-bond acceptors (Lipinski definition) is 7. The van der Waals surface area contributed by atoms with Crippen LogP contribution in [0.5, 0.6) is 0 Å². The number of carbonyl (C=O) groups is 3. The molecule has 2 amide bonds. The molecule has 32 heavy (non-hydrogen) atoms. The van der Waals surface area contributed by atoms with Crippen LogP contribution in [0.2, 0.25) is 0 Å². The number of nitrogens with zero attached hydrogens (tertiary/aromatic N) is 1. The van der Waals surface area contributed by atoms with Crippen LogP contribution in [0.3, 0.4) is 0 Å². The van der Waals surface area contributed by atoms with Gasteiger partial charge >= 0.3 is 12.1 Å². The monoisotopic (exact) mass is 447 g/mol. The molecule has 9 heteroatoms. The maximum absolute atomic E-state index is 13.0. The van der Waals surface area contributed by atoms with Gasteiger partial charge in [-0.05, 0) is 24.8 Å². The molecule has 1 saturated heterocycles. The Kier molecular flexibility index (Phi) is 10.5. The Hall–Kier alpha value is -3.07. The van der Waals surface area contributed by atoms with Crippen molar-refractivity contribution in [1.29, 1.82) is 0 Å². The first-order valence-electron chi connectivity index (χ1n) is 10.9. The van der Waals surface area contributed by atoms with Gasteiger partial charge in [-0.2, -0.15) is 0 Å². The fourth-order valence-electron chi connectivity index (χ4n) is 3.06. The van der Waals surface area contributed by atoms with E-state index in [0.29, 0.717) is 32.7 Å². The average Bonchev–Trinajstić information content (AvgIpc) is 2.78. The third-order valence-electron chi connectivity index (χ3n) is 4.64. The molecule has 0 spiro atoms. The maximum Gasteiger partial charge on any atom is 0.408 e. The second-order valence-corrected chi connectivity index (χ2v) is 7.79. The molecule has 1 heterocycles. The van der Waals surface area contributed by atoms with Crippen LogP contribution in [0.4, 0.5) is 4.79 Å². The molecule has 0 saturated carbocycles. The molecular formula is C23H33N3O6. The summed E-state index contributed by atoms with van der Waals surface area (Å²) >= 11 is 0. The number of esters is 1. The average molecular weight is 448 g/mol. The second kappa shape index (κ2) is 13.4. The van der Waals surface area contributed by atoms with E-state index in [-0.39, 0.29) is 24.8 Å². The first kappa shape index (κ1) is 25.2. The first-order chi connectivity index (χ1) is 15.4. The molecule has 0 bridgehead atoms. The van der Waals surface area contributed by atoms with Crippen molar-refractivity contribution in [2.45, 2.75) is 39.8 Å². The van der Waals surface area contributed by atoms with E-state index in [1.165, 1.54) is 0 Å². The summed E-state index contributed by atoms with van der Waals surface area (Å²) < 4.78 is 15.6. The van der Waals surface area contributed by atoms with Crippen LogP contribution in [0.25, 0.3) is 0 Å². The van der Waals surface area contributed by atoms with Crippen molar-refractivity contribution in [3.63, 3.8) is 0 Å². The van der Waals surface area contributed by atoms with E-state index in [4.69, 9.17) is 14.2 Å². The Balaban J connectivity index is 2.04. The van der Waals surface area contributed by atoms with Crippen molar-refractivity contribution < 1.29 is 28.6 Å². The Morgan fingerprint density at radius 1 is 1.12 bits per heavy atom. The van der Waals surface area contributed by atoms with Gasteiger partial charge in [-0.3, -0.25) is 4.79 Å². The summed E-state index contributed by atoms with van der Waals surface area (Å²) in [5, 5.41) is 5.24. The Morgan fingerprint density at radius 2 is 1.81 bits per heavy atom. The van der Waals surface area contributed by atoms with Crippen LogP contribution in [0.15, 0.2) is 42.2 Å². The number of rotatable bonds is 10. The largest absolute Gasteiger partial charge is 0.461 e. The van der Waals surface area contributed by atoms with Crippen molar-refractivity contribution in [3.05, 3.63) is 47.8 Å². The number of morpholine rings is 1. The minimum atomic E-state index is -0.874. The third-order valence-corrected chi connectivity index (χ3v) is 4.64. The summed E-state index contributed by atoms with van der Waals surface area (Å²) in [6.45, 7) is 8.09. The number of nitrogens with one attached hydrogen (secondary N) is 2. The van der Waals surface area contributed by atoms with Gasteiger partial charge in [0.05, 0.1) is 19.8 Å². The minimum absolute atomic E-state index is 0.0203. The van der Waals surface area contributed by atoms with Crippen molar-refractivity contribution in [3.8, 4) is 0 Å². The third kappa shape index (κ3) is 8.97. The second-order valence-electron chi connectivity index (χ2n) is 7.79. The molecule has 1 aliphatic heterocycles. The number of benzene rings is 1. The summed E-state index contributed by atoms with van der Waals surface area (Å²) in [4.78, 5) is 39.6. The molecule has 0 aromatic heterocycles. The lowest BCUT2D eigenvalue weighted by Crippen LogP contribution is -2.48. The zero-order chi connectivity index (χ0) is 23.3. The standard InChI is InChI=1S/C23H33N3O6/c1-4-31-22(28)20(15-26-10-12-30-13-11-26)24-21(27)19(14-17(2)3)25-23(29)32-16-18-8-6-5-7-9-18/h5-9,15,17,19H,4,10-14,16H2,1-3H3,(H,24,27)(H,25,29)/b20-15+. The number of alkyl carbamates (subject to hydrolysis) is 1. The Morgan fingerprint density at radius 3 is 2.44 bits per heavy atom. The van der Waals surface area contributed by atoms with Gasteiger partial charge in [0.2, 0.25) is 5.91 Å². The molecule has 176 valence electrons. The van der Waals surface area contributed by atoms with E-state index in [2.05, 4.69) is 10.6 Å². The quantitative estimate of drug-likeness (QED) is 0.418. The summed E-state index contributed by atoms with van der Waals surface area (Å²) in [7, 11) is 0. The van der Waals surface area contributed by atoms with Crippen LogP contribution >= 0.6 is 0 Å². The molecule has 1 aromatic carbocycles. The van der Waals surface area contributed by atoms with Crippen molar-refractivity contribution >= 4 is 18.0 Å². The lowest BCUT2D eigenvalue weighted by molar-refractivity contribution is -0.140. The van der Waals surface area contributed by atoms with E-state index in [1.807, 2.05) is 49.1 Å². The van der Waals surface area contributed by atoms with Gasteiger partial charge in [0.15, 0.2) is 0 Å². The van der Waals surface area contributed by atoms with Crippen molar-refractivity contribution in [2.75, 3.05) is 32.9 Å². The zero-order valence-corrected chi connectivity index (χ0v) is 19.0. The molecule has 1 fully saturated rings. The van der Waals surface area contributed by atoms with E-state index >= 15 is 0 Å². The smallest absolute Gasteiger partial charge is 0.408 e. The molecular weight excluding hydrogens is 414 g/mol. The van der Waals surface area contributed by atoms with E-state index in [9.17, 15) is 14.4 Å². The van der Waals surface area contributed by atoms with E-state index in [0.717, 1.165) is 5.56 Å². The molecule has 1 aliphatic rings. The first-order valence-corrected chi connectivity index (χ1v) is 10.9. The number of amides is 2. The fourth-order valence-corrected chi connectivity index (χ4v) is 3.06. The van der Waals surface area contributed by atoms with E-state index < -0.39 is 24.0 Å². The summed E-state index contributed by atoms with van der Waals surface area (Å²) in [5.74, 6) is -1.03. The zero-order valence-electron chi connectivity index (χ0n) is 19.0. The molecule has 1 unspecified atom stereocenters. The van der Waals surface area contributed by atoms with Gasteiger partial charge in [0.25, 0.3) is 0 Å². The van der Waals surface area contributed by atoms with Crippen molar-refractivity contribution in [1.82, 2.24) is 15.5 Å². The van der Waals surface area contributed by atoms with Gasteiger partial charge in [-0.25, -0.2) is 9.59 Å². The van der Waals surface area contributed by atoms with Gasteiger partial charge in [0, 0.05) is 19.3 Å². The topological polar surface area (TPSA) is 106 Å². The number of ether oxygens (including phenoxy) is 3. The summed E-state index contributed by atoms with van der Waals surface area (Å²) in [6.07, 6.45) is 1.24. The highest BCUT2D eigenvalue weighted by Gasteiger charge is 2.26. The predicted octanol–water partition coefficient (Wildman–Crippen LogP) is 2.18. The lowest BCUT2D eigenvalue weighted by Gasteiger charge is -2.26. The number of hydrogen-bond donors (Lipinski definition) is 2. The SMILES string of the molecule is CCOC(=O)/C(=C\N1CCOCC1)NC(=O)C(CC(C)C)NC(=O)OCc1ccccc1. The maximum atomic E-state index is 13.0. The molecule has 9 nitrogen and oxygen atoms in total. The minimum Gasteiger partial charge on any atom is -0.461 e. The van der Waals surface area contributed by atoms with Gasteiger partial charge in [0.1, 0.15) is 18.3 Å². The van der Waals surface area contributed by atoms with Gasteiger partial charge < -0.3 is 29.7 Å². The molecule has 1 aromatic rings. The summed E-state index contributed by atoms with van der Waals surface area (Å²) in [5.41, 5.74) is 0.859. The highest BCUT2D eigenvalue weighted by molar-refractivity contribution is 5.96. The summed E-state index contributed by atoms with van der Waals surface area (Å²) in [6, 6.07) is 8.38. The molecule has 0 radical (unpaired) electrons. The molecule has 2 N–H and O–H groups in total. The van der Waals surface area contributed by atoms with Crippen LogP contribution in [0, 0.1) is 5.92 Å². The normalized spacial score (nSPS) is 15.1. The molecule has 1 atom stereocenters. The lowest BCUT2D eigenvalue weighted by atomic mass is 10.0. The molecule has 0 aliphatic carbocycles. The van der Waals surface area contributed by atoms with Crippen LogP contribution in [-0.4, -0.2) is 61.8 Å². The van der Waals surface area contributed by atoms with Gasteiger partial charge in [-0.15, -0.1) is 0 Å². The van der Waals surface area contributed by atoms with Gasteiger partial charge in [-0.1, -0.05) is 44.2 Å². The van der Waals surface area contributed by atoms with Crippen LogP contribution in [0.1, 0.15) is 32.8 Å².